The topological polar surface area (TPSA) is 275 Å². The average molecular weight is 1090 g/mol. The fourth-order valence-corrected chi connectivity index (χ4v) is 9.57. The number of rotatable bonds is 27. The van der Waals surface area contributed by atoms with Gasteiger partial charge in [-0.25, -0.2) is 9.36 Å². The third-order valence-electron chi connectivity index (χ3n) is 13.7. The molecule has 2 saturated heterocycles. The van der Waals surface area contributed by atoms with Crippen molar-refractivity contribution in [2.24, 2.45) is 23.3 Å². The van der Waals surface area contributed by atoms with Crippen LogP contribution in [-0.4, -0.2) is 175 Å². The summed E-state index contributed by atoms with van der Waals surface area (Å²) in [5, 5.41) is 32.1. The molecule has 2 aliphatic heterocycles. The number of phenolic OH excluding ortho intramolecular Hbond substituents is 1. The number of phenols is 1. The predicted molar refractivity (Wildman–Crippen MR) is 292 cm³/mol. The number of carbonyl (C=O) groups is 2. The van der Waals surface area contributed by atoms with E-state index in [0.717, 1.165) is 35.0 Å². The molecule has 7 N–H and O–H groups in total. The highest BCUT2D eigenvalue weighted by atomic mass is 35.5. The number of nitrogens with two attached hydrogens (primary N) is 2. The number of aromatic nitrogens is 10. The van der Waals surface area contributed by atoms with Gasteiger partial charge in [-0.15, -0.1) is 16.6 Å². The van der Waals surface area contributed by atoms with Gasteiger partial charge in [-0.1, -0.05) is 74.4 Å². The van der Waals surface area contributed by atoms with E-state index < -0.39 is 12.1 Å². The predicted octanol–water partition coefficient (Wildman–Crippen LogP) is 0.697. The quantitative estimate of drug-likeness (QED) is 0.0351. The smallest absolute Gasteiger partial charge is 0.248 e. The van der Waals surface area contributed by atoms with Gasteiger partial charge < -0.3 is 73.1 Å². The summed E-state index contributed by atoms with van der Waals surface area (Å²) in [6.07, 6.45) is 11.0. The first-order chi connectivity index (χ1) is 37.3. The molecule has 2 amide bonds. The number of hydrogen-bond acceptors (Lipinski definition) is 18. The Bertz CT molecular complexity index is 2820. The van der Waals surface area contributed by atoms with Crippen LogP contribution in [0.5, 0.6) is 5.75 Å². The lowest BCUT2D eigenvalue weighted by Gasteiger charge is -2.38. The molecule has 4 atom stereocenters. The van der Waals surface area contributed by atoms with Crippen LogP contribution < -0.4 is 39.0 Å². The Hall–Kier alpha value is -6.94. The first kappa shape index (κ1) is 58.7. The van der Waals surface area contributed by atoms with Crippen LogP contribution in [0.2, 0.25) is 0 Å². The molecule has 420 valence electrons. The van der Waals surface area contributed by atoms with Crippen molar-refractivity contribution in [3.63, 3.8) is 0 Å². The van der Waals surface area contributed by atoms with Crippen molar-refractivity contribution in [2.75, 3.05) is 114 Å². The number of nitrogens with zero attached hydrogens (tertiary/aromatic N) is 13. The standard InChI is InChI=1S/C54H75N17O6.ClH/c1-6-24-75-26-28-77-29-27-76-25-15-57-52-59-53(68-20-16-66(17-21-68)50(73)48(32-39-11-13-42(72)14-12-39)70-35-46(62-64-70)43(55)30-37(2)3)61-54(60-52)69-22-18-67(19-23-69)51(74)49(34-41-33-40-9-7-8-10-45(40)58-41)71-36-47(63-65-71)44(56)31-38(4)5;/h1,7-14,33,35-38,43-44,48-49,58,72H,15-32,34,55-56H2,2-5H3,(H,57,59,60,61);1H/p-1/t43-,44-,48-,49-;/m0./s1. The van der Waals surface area contributed by atoms with E-state index in [1.54, 1.807) is 27.7 Å². The molecule has 2 aromatic carbocycles. The number of piperazine rings is 2. The Morgan fingerprint density at radius 3 is 1.74 bits per heavy atom. The van der Waals surface area contributed by atoms with Crippen molar-refractivity contribution in [2.45, 2.75) is 77.5 Å². The van der Waals surface area contributed by atoms with Crippen molar-refractivity contribution < 1.29 is 41.3 Å². The molecule has 24 heteroatoms. The molecule has 0 saturated carbocycles. The molecule has 0 radical (unpaired) electrons. The number of nitrogens with one attached hydrogen (secondary N) is 2. The monoisotopic (exact) mass is 1090 g/mol. The van der Waals surface area contributed by atoms with Crippen molar-refractivity contribution in [1.82, 2.24) is 59.7 Å². The van der Waals surface area contributed by atoms with E-state index in [0.29, 0.717) is 146 Å². The zero-order chi connectivity index (χ0) is 54.3. The molecule has 2 fully saturated rings. The SMILES string of the molecule is C#CCOCCOCCOCCNc1nc(N2CCN(C(=O)[C@H](Cc3ccc(O)cc3)n3cc([C@@H](N)CC(C)C)nn3)CC2)nc(N2CCN(C(=O)[C@H](Cc3cc4ccccc4[nH]3)n3cc([C@@H](N)CC(C)C)nn3)CC2)n1.[Cl-]. The number of anilines is 3. The van der Waals surface area contributed by atoms with Gasteiger partial charge in [-0.2, -0.15) is 15.0 Å². The number of aromatic hydroxyl groups is 1. The highest BCUT2D eigenvalue weighted by Crippen LogP contribution is 2.27. The number of ether oxygens (including phenoxy) is 3. The maximum absolute atomic E-state index is 14.7. The minimum Gasteiger partial charge on any atom is -1.00 e. The zero-order valence-electron chi connectivity index (χ0n) is 45.2. The van der Waals surface area contributed by atoms with Gasteiger partial charge in [0.1, 0.15) is 24.4 Å². The Kier molecular flexibility index (Phi) is 21.5. The Balaban J connectivity index is 0.00000882. The maximum atomic E-state index is 14.7. The van der Waals surface area contributed by atoms with Crippen LogP contribution in [-0.2, 0) is 36.6 Å². The average Bonchev–Trinajstić information content (AvgIpc) is 4.24. The molecule has 2 aliphatic rings. The second-order valence-electron chi connectivity index (χ2n) is 20.5. The van der Waals surface area contributed by atoms with Crippen LogP contribution in [0.25, 0.3) is 10.9 Å². The number of H-pyrrole nitrogens is 1. The summed E-state index contributed by atoms with van der Waals surface area (Å²) in [5.74, 6) is 4.41. The molecular weight excluding hydrogens is 1020 g/mol. The van der Waals surface area contributed by atoms with E-state index >= 15 is 0 Å². The summed E-state index contributed by atoms with van der Waals surface area (Å²) in [5.41, 5.74) is 17.1. The summed E-state index contributed by atoms with van der Waals surface area (Å²) in [4.78, 5) is 55.4. The van der Waals surface area contributed by atoms with E-state index in [9.17, 15) is 14.7 Å². The summed E-state index contributed by atoms with van der Waals surface area (Å²) in [6, 6.07) is 15.0. The highest BCUT2D eigenvalue weighted by Gasteiger charge is 2.34. The molecule has 4 aromatic heterocycles. The van der Waals surface area contributed by atoms with E-state index in [4.69, 9.17) is 47.1 Å². The number of amides is 2. The van der Waals surface area contributed by atoms with Gasteiger partial charge in [0.05, 0.1) is 68.9 Å². The molecule has 0 unspecified atom stereocenters. The largest absolute Gasteiger partial charge is 1.00 e. The van der Waals surface area contributed by atoms with E-state index in [1.165, 1.54) is 0 Å². The molecular formula is C54H75ClN17O6-. The number of carbonyl (C=O) groups excluding carboxylic acids is 2. The summed E-state index contributed by atoms with van der Waals surface area (Å²) >= 11 is 0. The summed E-state index contributed by atoms with van der Waals surface area (Å²) < 4.78 is 19.9. The molecule has 23 nitrogen and oxygen atoms in total. The molecule has 0 aliphatic carbocycles. The van der Waals surface area contributed by atoms with Crippen LogP contribution in [0, 0.1) is 24.2 Å². The third kappa shape index (κ3) is 16.1. The third-order valence-corrected chi connectivity index (χ3v) is 13.7. The van der Waals surface area contributed by atoms with Crippen LogP contribution in [0.15, 0.2) is 67.0 Å². The van der Waals surface area contributed by atoms with Gasteiger partial charge in [0.25, 0.3) is 0 Å². The number of fused-ring (bicyclic) bond motifs is 1. The molecule has 0 spiro atoms. The summed E-state index contributed by atoms with van der Waals surface area (Å²) in [7, 11) is 0. The Morgan fingerprint density at radius 2 is 1.22 bits per heavy atom. The molecule has 6 heterocycles. The fourth-order valence-electron chi connectivity index (χ4n) is 9.57. The first-order valence-electron chi connectivity index (χ1n) is 26.7. The second-order valence-corrected chi connectivity index (χ2v) is 20.5. The van der Waals surface area contributed by atoms with Gasteiger partial charge in [0.15, 0.2) is 0 Å². The van der Waals surface area contributed by atoms with Crippen LogP contribution in [0.1, 0.15) is 87.3 Å². The second kappa shape index (κ2) is 28.6. The van der Waals surface area contributed by atoms with Gasteiger partial charge >= 0.3 is 0 Å². The van der Waals surface area contributed by atoms with Crippen molar-refractivity contribution in [3.05, 3.63) is 89.6 Å². The minimum atomic E-state index is -0.698. The van der Waals surface area contributed by atoms with Crippen molar-refractivity contribution >= 4 is 40.6 Å². The lowest BCUT2D eigenvalue weighted by molar-refractivity contribution is -0.136. The number of halogens is 1. The maximum Gasteiger partial charge on any atom is 0.248 e. The van der Waals surface area contributed by atoms with Crippen LogP contribution >= 0.6 is 0 Å². The normalized spacial score (nSPS) is 15.6. The number of hydrogen-bond donors (Lipinski definition) is 5. The molecule has 0 bridgehead atoms. The number of terminal acetylenes is 1. The number of aromatic amines is 1. The van der Waals surface area contributed by atoms with Gasteiger partial charge in [0, 0.05) is 83.0 Å². The number of benzene rings is 2. The van der Waals surface area contributed by atoms with Gasteiger partial charge in [0.2, 0.25) is 29.7 Å². The molecule has 8 rings (SSSR count). The van der Waals surface area contributed by atoms with Gasteiger partial charge in [-0.05, 0) is 59.9 Å². The highest BCUT2D eigenvalue weighted by molar-refractivity contribution is 5.83. The molecule has 6 aromatic rings. The lowest BCUT2D eigenvalue weighted by Crippen LogP contribution is -3.00. The van der Waals surface area contributed by atoms with Crippen molar-refractivity contribution in [3.8, 4) is 18.1 Å². The lowest BCUT2D eigenvalue weighted by atomic mass is 10.0. The Morgan fingerprint density at radius 1 is 0.705 bits per heavy atom. The first-order valence-corrected chi connectivity index (χ1v) is 26.7. The van der Waals surface area contributed by atoms with Gasteiger partial charge in [-0.3, -0.25) is 9.59 Å². The molecule has 78 heavy (non-hydrogen) atoms. The van der Waals surface area contributed by atoms with Crippen molar-refractivity contribution in [1.29, 1.82) is 0 Å². The zero-order valence-corrected chi connectivity index (χ0v) is 45.9. The van der Waals surface area contributed by atoms with Crippen LogP contribution in [0.3, 0.4) is 0 Å². The van der Waals surface area contributed by atoms with E-state index in [2.05, 4.69) is 80.4 Å². The minimum absolute atomic E-state index is 0. The fraction of sp³-hybridized carbons (Fsp3) is 0.537. The van der Waals surface area contributed by atoms with E-state index in [-0.39, 0.29) is 48.7 Å². The number of para-hydroxylation sites is 1. The summed E-state index contributed by atoms with van der Waals surface area (Å²) in [6.45, 7) is 14.5. The van der Waals surface area contributed by atoms with E-state index in [1.807, 2.05) is 52.4 Å². The Labute approximate surface area is 462 Å². The van der Waals surface area contributed by atoms with Crippen LogP contribution in [0.4, 0.5) is 17.8 Å².